The number of pyridine rings is 1. The molecule has 2 fully saturated rings. The number of nitrogens with one attached hydrogen (secondary N) is 1. The van der Waals surface area contributed by atoms with E-state index < -0.39 is 0 Å². The zero-order valence-electron chi connectivity index (χ0n) is 17.9. The summed E-state index contributed by atoms with van der Waals surface area (Å²) < 4.78 is 0. The van der Waals surface area contributed by atoms with Crippen molar-refractivity contribution in [2.24, 2.45) is 0 Å². The van der Waals surface area contributed by atoms with E-state index in [4.69, 9.17) is 0 Å². The maximum absolute atomic E-state index is 12.6. The van der Waals surface area contributed by atoms with Gasteiger partial charge in [0.1, 0.15) is 5.82 Å². The summed E-state index contributed by atoms with van der Waals surface area (Å²) in [6.07, 6.45) is 3.55. The lowest BCUT2D eigenvalue weighted by Crippen LogP contribution is -2.49. The average Bonchev–Trinajstić information content (AvgIpc) is 3.29. The Kier molecular flexibility index (Phi) is 6.97. The molecule has 2 aromatic rings. The highest BCUT2D eigenvalue weighted by Crippen LogP contribution is 2.24. The molecule has 30 heavy (non-hydrogen) atoms. The highest BCUT2D eigenvalue weighted by atomic mass is 16.2. The number of benzene rings is 1. The lowest BCUT2D eigenvalue weighted by Gasteiger charge is -2.35. The monoisotopic (exact) mass is 407 g/mol. The maximum Gasteiger partial charge on any atom is 0.223 e. The molecule has 0 unspecified atom stereocenters. The van der Waals surface area contributed by atoms with Crippen LogP contribution in [0.1, 0.15) is 31.4 Å². The van der Waals surface area contributed by atoms with Gasteiger partial charge >= 0.3 is 0 Å². The molecule has 160 valence electrons. The van der Waals surface area contributed by atoms with E-state index in [-0.39, 0.29) is 5.91 Å². The third-order valence-corrected chi connectivity index (χ3v) is 6.43. The molecule has 0 bridgehead atoms. The number of amides is 1. The molecule has 2 saturated heterocycles. The summed E-state index contributed by atoms with van der Waals surface area (Å²) in [6.45, 7) is 8.46. The average molecular weight is 408 g/mol. The number of anilines is 1. The Labute approximate surface area is 179 Å². The maximum atomic E-state index is 12.6. The van der Waals surface area contributed by atoms with Gasteiger partial charge < -0.3 is 15.1 Å². The van der Waals surface area contributed by atoms with Crippen LogP contribution in [0.2, 0.25) is 0 Å². The fourth-order valence-electron chi connectivity index (χ4n) is 4.52. The number of likely N-dealkylation sites (tertiary alicyclic amines) is 1. The van der Waals surface area contributed by atoms with Crippen molar-refractivity contribution in [3.8, 4) is 0 Å². The first kappa shape index (κ1) is 20.8. The first-order valence-electron chi connectivity index (χ1n) is 11.2. The molecule has 1 aromatic heterocycles. The molecule has 6 nitrogen and oxygen atoms in total. The quantitative estimate of drug-likeness (QED) is 0.765. The van der Waals surface area contributed by atoms with Crippen LogP contribution in [0.4, 0.5) is 5.82 Å². The van der Waals surface area contributed by atoms with Crippen molar-refractivity contribution < 1.29 is 4.79 Å². The predicted octanol–water partition coefficient (Wildman–Crippen LogP) is 2.55. The normalized spacial score (nSPS) is 21.0. The third-order valence-electron chi connectivity index (χ3n) is 6.43. The summed E-state index contributed by atoms with van der Waals surface area (Å²) in [7, 11) is 0. The fraction of sp³-hybridized carbons (Fsp3) is 0.500. The Morgan fingerprint density at radius 3 is 2.57 bits per heavy atom. The zero-order chi connectivity index (χ0) is 20.8. The summed E-state index contributed by atoms with van der Waals surface area (Å²) in [5, 5.41) is 3.61. The number of hydrogen-bond acceptors (Lipinski definition) is 5. The number of aromatic nitrogens is 1. The number of piperazine rings is 1. The van der Waals surface area contributed by atoms with Crippen LogP contribution >= 0.6 is 0 Å². The van der Waals surface area contributed by atoms with E-state index in [9.17, 15) is 4.79 Å². The molecular weight excluding hydrogens is 374 g/mol. The first-order valence-corrected chi connectivity index (χ1v) is 11.2. The van der Waals surface area contributed by atoms with Crippen LogP contribution in [0.15, 0.2) is 54.7 Å². The molecule has 0 aliphatic carbocycles. The standard InChI is InChI=1S/C24H33N5O/c1-20(21-7-3-2-4-8-21)29-14-11-22(19-29)25-13-10-24(30)28-17-15-27(16-18-28)23-9-5-6-12-26-23/h2-9,12,20,22,25H,10-11,13-19H2,1H3/t20-,22+/m0/s1. The minimum absolute atomic E-state index is 0.260. The summed E-state index contributed by atoms with van der Waals surface area (Å²) >= 11 is 0. The van der Waals surface area contributed by atoms with Crippen LogP contribution in [0.25, 0.3) is 0 Å². The minimum Gasteiger partial charge on any atom is -0.353 e. The highest BCUT2D eigenvalue weighted by molar-refractivity contribution is 5.76. The number of hydrogen-bond donors (Lipinski definition) is 1. The smallest absolute Gasteiger partial charge is 0.223 e. The van der Waals surface area contributed by atoms with E-state index in [0.717, 1.165) is 58.1 Å². The second-order valence-electron chi connectivity index (χ2n) is 8.33. The van der Waals surface area contributed by atoms with Gasteiger partial charge in [0.15, 0.2) is 0 Å². The third kappa shape index (κ3) is 5.18. The van der Waals surface area contributed by atoms with Crippen molar-refractivity contribution in [1.29, 1.82) is 0 Å². The van der Waals surface area contributed by atoms with E-state index in [1.54, 1.807) is 0 Å². The summed E-state index contributed by atoms with van der Waals surface area (Å²) in [5.41, 5.74) is 1.37. The SMILES string of the molecule is C[C@@H](c1ccccc1)N1CC[C@@H](NCCC(=O)N2CCN(c3ccccn3)CC2)C1. The largest absolute Gasteiger partial charge is 0.353 e. The van der Waals surface area contributed by atoms with Crippen LogP contribution in [0.5, 0.6) is 0 Å². The van der Waals surface area contributed by atoms with Crippen LogP contribution < -0.4 is 10.2 Å². The van der Waals surface area contributed by atoms with E-state index in [2.05, 4.69) is 57.4 Å². The molecule has 3 heterocycles. The van der Waals surface area contributed by atoms with Gasteiger partial charge in [0.2, 0.25) is 5.91 Å². The molecule has 2 aliphatic heterocycles. The Balaban J connectivity index is 1.15. The molecular formula is C24H33N5O. The fourth-order valence-corrected chi connectivity index (χ4v) is 4.52. The lowest BCUT2D eigenvalue weighted by atomic mass is 10.1. The molecule has 1 amide bonds. The van der Waals surface area contributed by atoms with Gasteiger partial charge in [-0.25, -0.2) is 4.98 Å². The summed E-state index contributed by atoms with van der Waals surface area (Å²) in [5.74, 6) is 1.26. The molecule has 4 rings (SSSR count). The predicted molar refractivity (Wildman–Crippen MR) is 120 cm³/mol. The van der Waals surface area contributed by atoms with Gasteiger partial charge in [0.05, 0.1) is 0 Å². The number of nitrogens with zero attached hydrogens (tertiary/aromatic N) is 4. The van der Waals surface area contributed by atoms with Crippen molar-refractivity contribution in [1.82, 2.24) is 20.1 Å². The van der Waals surface area contributed by atoms with Gasteiger partial charge in [-0.15, -0.1) is 0 Å². The molecule has 1 aromatic carbocycles. The van der Waals surface area contributed by atoms with Crippen molar-refractivity contribution in [2.75, 3.05) is 50.7 Å². The van der Waals surface area contributed by atoms with Crippen molar-refractivity contribution in [2.45, 2.75) is 31.8 Å². The van der Waals surface area contributed by atoms with Crippen molar-refractivity contribution in [3.05, 3.63) is 60.3 Å². The lowest BCUT2D eigenvalue weighted by molar-refractivity contribution is -0.131. The Morgan fingerprint density at radius 1 is 1.07 bits per heavy atom. The minimum atomic E-state index is 0.260. The van der Waals surface area contributed by atoms with Gasteiger partial charge in [-0.2, -0.15) is 0 Å². The molecule has 2 aliphatic rings. The Morgan fingerprint density at radius 2 is 1.83 bits per heavy atom. The topological polar surface area (TPSA) is 51.7 Å². The number of carbonyl (C=O) groups excluding carboxylic acids is 1. The van der Waals surface area contributed by atoms with Crippen molar-refractivity contribution >= 4 is 11.7 Å². The van der Waals surface area contributed by atoms with Crippen LogP contribution in [-0.4, -0.2) is 72.5 Å². The second kappa shape index (κ2) is 10.0. The number of rotatable bonds is 7. The van der Waals surface area contributed by atoms with E-state index in [1.165, 1.54) is 5.56 Å². The first-order chi connectivity index (χ1) is 14.7. The Bertz CT molecular complexity index is 792. The van der Waals surface area contributed by atoms with Crippen LogP contribution in [0.3, 0.4) is 0 Å². The molecule has 0 saturated carbocycles. The Hall–Kier alpha value is -2.44. The second-order valence-corrected chi connectivity index (χ2v) is 8.33. The molecule has 6 heteroatoms. The van der Waals surface area contributed by atoms with E-state index in [0.29, 0.717) is 18.5 Å². The van der Waals surface area contributed by atoms with Crippen LogP contribution in [0, 0.1) is 0 Å². The van der Waals surface area contributed by atoms with Gasteiger partial charge in [0.25, 0.3) is 0 Å². The van der Waals surface area contributed by atoms with Gasteiger partial charge in [-0.1, -0.05) is 36.4 Å². The molecule has 2 atom stereocenters. The van der Waals surface area contributed by atoms with Gasteiger partial charge in [-0.3, -0.25) is 9.69 Å². The summed E-state index contributed by atoms with van der Waals surface area (Å²) in [6, 6.07) is 17.6. The van der Waals surface area contributed by atoms with E-state index >= 15 is 0 Å². The molecule has 1 N–H and O–H groups in total. The summed E-state index contributed by atoms with van der Waals surface area (Å²) in [4.78, 5) is 23.8. The van der Waals surface area contributed by atoms with Gasteiger partial charge in [0, 0.05) is 70.5 Å². The highest BCUT2D eigenvalue weighted by Gasteiger charge is 2.27. The van der Waals surface area contributed by atoms with Gasteiger partial charge in [-0.05, 0) is 31.0 Å². The van der Waals surface area contributed by atoms with Crippen LogP contribution in [-0.2, 0) is 4.79 Å². The molecule has 0 radical (unpaired) electrons. The van der Waals surface area contributed by atoms with E-state index in [1.807, 2.05) is 29.3 Å². The van der Waals surface area contributed by atoms with Crippen molar-refractivity contribution in [3.63, 3.8) is 0 Å². The number of carbonyl (C=O) groups is 1. The molecule has 0 spiro atoms. The zero-order valence-corrected chi connectivity index (χ0v) is 17.9.